The molecule has 3 nitrogen and oxygen atoms in total. The molecule has 122 valence electrons. The lowest BCUT2D eigenvalue weighted by atomic mass is 10.00. The van der Waals surface area contributed by atoms with E-state index in [1.54, 1.807) is 0 Å². The van der Waals surface area contributed by atoms with Crippen molar-refractivity contribution in [3.8, 4) is 0 Å². The van der Waals surface area contributed by atoms with Crippen molar-refractivity contribution in [1.82, 2.24) is 9.88 Å². The van der Waals surface area contributed by atoms with Gasteiger partial charge in [-0.15, -0.1) is 0 Å². The first-order valence-corrected chi connectivity index (χ1v) is 7.65. The number of aromatic amines is 1. The molecule has 0 unspecified atom stereocenters. The van der Waals surface area contributed by atoms with Gasteiger partial charge in [-0.3, -0.25) is 4.90 Å². The highest BCUT2D eigenvalue weighted by Gasteiger charge is 2.33. The second kappa shape index (κ2) is 4.77. The zero-order valence-corrected chi connectivity index (χ0v) is 13.0. The van der Waals surface area contributed by atoms with Crippen LogP contribution in [-0.2, 0) is 13.0 Å². The summed E-state index contributed by atoms with van der Waals surface area (Å²) >= 11 is 0. The highest BCUT2D eigenvalue weighted by molar-refractivity contribution is 6.09. The highest BCUT2D eigenvalue weighted by atomic mass is 19.4. The maximum absolute atomic E-state index is 12.7. The number of aryl methyl sites for hydroxylation is 2. The van der Waals surface area contributed by atoms with E-state index in [1.807, 2.05) is 26.0 Å². The SMILES string of the molecule is Cc1oc2ccc3[nH]c4c(c3c2c1C)CN(CC(F)(F)F)CC4. The molecule has 0 fully saturated rings. The Kier molecular flexibility index (Phi) is 3.04. The lowest BCUT2D eigenvalue weighted by Crippen LogP contribution is -2.37. The van der Waals surface area contributed by atoms with Gasteiger partial charge in [0.05, 0.1) is 6.54 Å². The van der Waals surface area contributed by atoms with Gasteiger partial charge in [-0.2, -0.15) is 13.2 Å². The molecule has 1 aromatic carbocycles. The normalized spacial score (nSPS) is 16.4. The quantitative estimate of drug-likeness (QED) is 0.718. The zero-order chi connectivity index (χ0) is 16.4. The molecule has 0 saturated carbocycles. The van der Waals surface area contributed by atoms with Crippen LogP contribution in [-0.4, -0.2) is 29.1 Å². The molecule has 2 aromatic heterocycles. The van der Waals surface area contributed by atoms with Crippen LogP contribution in [0.3, 0.4) is 0 Å². The first kappa shape index (κ1) is 14.6. The van der Waals surface area contributed by atoms with Crippen LogP contribution in [0, 0.1) is 13.8 Å². The lowest BCUT2D eigenvalue weighted by molar-refractivity contribution is -0.147. The van der Waals surface area contributed by atoms with E-state index < -0.39 is 12.7 Å². The van der Waals surface area contributed by atoms with E-state index in [0.717, 1.165) is 44.5 Å². The van der Waals surface area contributed by atoms with E-state index in [4.69, 9.17) is 4.42 Å². The Hall–Kier alpha value is -1.95. The summed E-state index contributed by atoms with van der Waals surface area (Å²) < 4.78 is 43.9. The van der Waals surface area contributed by atoms with Crippen molar-refractivity contribution < 1.29 is 17.6 Å². The van der Waals surface area contributed by atoms with E-state index >= 15 is 0 Å². The van der Waals surface area contributed by atoms with Crippen LogP contribution in [0.1, 0.15) is 22.6 Å². The van der Waals surface area contributed by atoms with Gasteiger partial charge in [0, 0.05) is 41.5 Å². The van der Waals surface area contributed by atoms with Gasteiger partial charge in [-0.25, -0.2) is 0 Å². The Bertz CT molecular complexity index is 904. The van der Waals surface area contributed by atoms with Gasteiger partial charge >= 0.3 is 6.18 Å². The summed E-state index contributed by atoms with van der Waals surface area (Å²) in [5, 5.41) is 2.03. The van der Waals surface area contributed by atoms with Crippen molar-refractivity contribution >= 4 is 21.9 Å². The lowest BCUT2D eigenvalue weighted by Gasteiger charge is -2.27. The van der Waals surface area contributed by atoms with Crippen LogP contribution in [0.15, 0.2) is 16.5 Å². The fourth-order valence-corrected chi connectivity index (χ4v) is 3.61. The zero-order valence-electron chi connectivity index (χ0n) is 13.0. The number of nitrogens with one attached hydrogen (secondary N) is 1. The smallest absolute Gasteiger partial charge is 0.401 e. The topological polar surface area (TPSA) is 32.2 Å². The van der Waals surface area contributed by atoms with Gasteiger partial charge in [0.2, 0.25) is 0 Å². The number of nitrogens with zero attached hydrogens (tertiary/aromatic N) is 1. The molecule has 6 heteroatoms. The van der Waals surface area contributed by atoms with E-state index in [2.05, 4.69) is 4.98 Å². The molecule has 0 spiro atoms. The molecule has 0 radical (unpaired) electrons. The number of H-pyrrole nitrogens is 1. The number of furan rings is 1. The molecule has 1 N–H and O–H groups in total. The van der Waals surface area contributed by atoms with Crippen LogP contribution >= 0.6 is 0 Å². The van der Waals surface area contributed by atoms with Crippen LogP contribution in [0.25, 0.3) is 21.9 Å². The Morgan fingerprint density at radius 3 is 2.74 bits per heavy atom. The van der Waals surface area contributed by atoms with E-state index in [9.17, 15) is 13.2 Å². The number of halogens is 3. The van der Waals surface area contributed by atoms with Crippen LogP contribution in [0.4, 0.5) is 13.2 Å². The number of hydrogen-bond donors (Lipinski definition) is 1. The molecule has 1 aliphatic rings. The molecule has 0 aliphatic carbocycles. The summed E-state index contributed by atoms with van der Waals surface area (Å²) in [6, 6.07) is 3.87. The van der Waals surface area contributed by atoms with Crippen LogP contribution in [0.2, 0.25) is 0 Å². The van der Waals surface area contributed by atoms with Gasteiger partial charge in [-0.05, 0) is 37.1 Å². The third-order valence-corrected chi connectivity index (χ3v) is 4.75. The van der Waals surface area contributed by atoms with Crippen molar-refractivity contribution in [1.29, 1.82) is 0 Å². The molecule has 1 aliphatic heterocycles. The Morgan fingerprint density at radius 1 is 1.22 bits per heavy atom. The van der Waals surface area contributed by atoms with E-state index in [-0.39, 0.29) is 0 Å². The predicted octanol–water partition coefficient (Wildman–Crippen LogP) is 4.45. The Morgan fingerprint density at radius 2 is 2.00 bits per heavy atom. The summed E-state index contributed by atoms with van der Waals surface area (Å²) in [4.78, 5) is 4.85. The van der Waals surface area contributed by atoms with Gasteiger partial charge in [0.25, 0.3) is 0 Å². The van der Waals surface area contributed by atoms with Crippen molar-refractivity contribution in [3.63, 3.8) is 0 Å². The molecular weight excluding hydrogens is 305 g/mol. The third kappa shape index (κ3) is 2.32. The maximum atomic E-state index is 12.7. The average Bonchev–Trinajstić information content (AvgIpc) is 2.95. The maximum Gasteiger partial charge on any atom is 0.401 e. The van der Waals surface area contributed by atoms with Crippen molar-refractivity contribution in [2.45, 2.75) is 33.0 Å². The Balaban J connectivity index is 1.88. The van der Waals surface area contributed by atoms with Crippen molar-refractivity contribution in [3.05, 3.63) is 34.7 Å². The minimum absolute atomic E-state index is 0.317. The van der Waals surface area contributed by atoms with Crippen LogP contribution < -0.4 is 0 Å². The van der Waals surface area contributed by atoms with Gasteiger partial charge in [-0.1, -0.05) is 0 Å². The van der Waals surface area contributed by atoms with Crippen molar-refractivity contribution in [2.75, 3.05) is 13.1 Å². The molecule has 0 amide bonds. The number of fused-ring (bicyclic) bond motifs is 5. The summed E-state index contributed by atoms with van der Waals surface area (Å²) in [7, 11) is 0. The van der Waals surface area contributed by atoms with Crippen LogP contribution in [0.5, 0.6) is 0 Å². The monoisotopic (exact) mass is 322 g/mol. The molecule has 0 bridgehead atoms. The summed E-state index contributed by atoms with van der Waals surface area (Å²) in [5.74, 6) is 0.852. The first-order chi connectivity index (χ1) is 10.8. The predicted molar refractivity (Wildman–Crippen MR) is 82.6 cm³/mol. The first-order valence-electron chi connectivity index (χ1n) is 7.65. The number of hydrogen-bond acceptors (Lipinski definition) is 2. The fraction of sp³-hybridized carbons (Fsp3) is 0.412. The third-order valence-electron chi connectivity index (χ3n) is 4.75. The fourth-order valence-electron chi connectivity index (χ4n) is 3.61. The van der Waals surface area contributed by atoms with Gasteiger partial charge in [0.15, 0.2) is 0 Å². The molecular formula is C17H17F3N2O. The summed E-state index contributed by atoms with van der Waals surface area (Å²) in [6.45, 7) is 3.79. The summed E-state index contributed by atoms with van der Waals surface area (Å²) in [5.41, 5.74) is 4.84. The molecule has 0 saturated heterocycles. The average molecular weight is 322 g/mol. The minimum Gasteiger partial charge on any atom is -0.461 e. The highest BCUT2D eigenvalue weighted by Crippen LogP contribution is 2.37. The summed E-state index contributed by atoms with van der Waals surface area (Å²) in [6.07, 6.45) is -3.56. The molecule has 4 rings (SSSR count). The second-order valence-electron chi connectivity index (χ2n) is 6.30. The molecule has 3 aromatic rings. The molecule has 3 heterocycles. The number of benzene rings is 1. The Labute approximate surface area is 131 Å². The van der Waals surface area contributed by atoms with E-state index in [0.29, 0.717) is 19.5 Å². The van der Waals surface area contributed by atoms with Crippen molar-refractivity contribution in [2.24, 2.45) is 0 Å². The number of aromatic nitrogens is 1. The standard InChI is InChI=1S/C17H17F3N2O/c1-9-10(2)23-14-4-3-13-16(15(9)14)11-7-22(8-17(18,19)20)6-5-12(11)21-13/h3-4,21H,5-8H2,1-2H3. The number of rotatable bonds is 1. The number of alkyl halides is 3. The van der Waals surface area contributed by atoms with E-state index in [1.165, 1.54) is 4.90 Å². The van der Waals surface area contributed by atoms with Gasteiger partial charge in [0.1, 0.15) is 11.3 Å². The second-order valence-corrected chi connectivity index (χ2v) is 6.30. The van der Waals surface area contributed by atoms with Gasteiger partial charge < -0.3 is 9.40 Å². The largest absolute Gasteiger partial charge is 0.461 e. The minimum atomic E-state index is -4.17. The molecule has 0 atom stereocenters. The molecule has 23 heavy (non-hydrogen) atoms.